The lowest BCUT2D eigenvalue weighted by atomic mass is 10.1. The molecule has 7 nitrogen and oxygen atoms in total. The number of rotatable bonds is 6. The zero-order valence-corrected chi connectivity index (χ0v) is 16.6. The van der Waals surface area contributed by atoms with Crippen molar-refractivity contribution in [3.8, 4) is 0 Å². The van der Waals surface area contributed by atoms with E-state index in [1.54, 1.807) is 43.0 Å². The number of ether oxygens (including phenoxy) is 1. The molecule has 152 valence electrons. The quantitative estimate of drug-likeness (QED) is 0.736. The monoisotopic (exact) mass is 395 g/mol. The predicted octanol–water partition coefficient (Wildman–Crippen LogP) is 2.89. The smallest absolute Gasteiger partial charge is 0.319 e. The Balaban J connectivity index is 1.52. The Hall–Kier alpha value is -3.35. The first-order valence-electron chi connectivity index (χ1n) is 9.69. The van der Waals surface area contributed by atoms with Crippen molar-refractivity contribution in [3.63, 3.8) is 0 Å². The van der Waals surface area contributed by atoms with Crippen molar-refractivity contribution in [3.05, 3.63) is 59.7 Å². The van der Waals surface area contributed by atoms with E-state index in [4.69, 9.17) is 4.74 Å². The minimum atomic E-state index is -0.663. The fourth-order valence-corrected chi connectivity index (χ4v) is 3.31. The third kappa shape index (κ3) is 5.13. The highest BCUT2D eigenvalue weighted by atomic mass is 16.5. The van der Waals surface area contributed by atoms with E-state index < -0.39 is 12.1 Å². The molecule has 2 N–H and O–H groups in total. The Morgan fingerprint density at radius 1 is 1.10 bits per heavy atom. The van der Waals surface area contributed by atoms with E-state index in [-0.39, 0.29) is 18.3 Å². The first-order valence-corrected chi connectivity index (χ1v) is 9.69. The number of amides is 3. The topological polar surface area (TPSA) is 87.7 Å². The van der Waals surface area contributed by atoms with Crippen LogP contribution in [0.5, 0.6) is 0 Å². The number of nitrogens with one attached hydrogen (secondary N) is 2. The second-order valence-corrected chi connectivity index (χ2v) is 6.87. The van der Waals surface area contributed by atoms with Crippen LogP contribution in [0, 0.1) is 0 Å². The lowest BCUT2D eigenvalue weighted by molar-refractivity contribution is -0.142. The maximum absolute atomic E-state index is 12.7. The molecule has 3 amide bonds. The molecule has 1 aliphatic heterocycles. The summed E-state index contributed by atoms with van der Waals surface area (Å²) in [5.41, 5.74) is 3.41. The number of nitrogens with zero attached hydrogens (tertiary/aromatic N) is 1. The summed E-state index contributed by atoms with van der Waals surface area (Å²) in [5.74, 6) is -0.434. The van der Waals surface area contributed by atoms with E-state index in [1.165, 1.54) is 0 Å². The van der Waals surface area contributed by atoms with E-state index >= 15 is 0 Å². The average molecular weight is 395 g/mol. The molecule has 2 aromatic rings. The molecular formula is C22H25N3O4. The maximum Gasteiger partial charge on any atom is 0.319 e. The van der Waals surface area contributed by atoms with Crippen molar-refractivity contribution < 1.29 is 19.1 Å². The van der Waals surface area contributed by atoms with Crippen LogP contribution < -0.4 is 15.5 Å². The van der Waals surface area contributed by atoms with Gasteiger partial charge in [-0.05, 0) is 49.6 Å². The van der Waals surface area contributed by atoms with Crippen LogP contribution in [0.1, 0.15) is 25.0 Å². The van der Waals surface area contributed by atoms with Gasteiger partial charge in [-0.25, -0.2) is 4.79 Å². The number of esters is 1. The SMILES string of the molecule is CCOC(=O)Cc1ccc(NC(=O)NC(C)C(=O)N2CCc3ccccc32)cc1. The van der Waals surface area contributed by atoms with Gasteiger partial charge in [0.15, 0.2) is 0 Å². The van der Waals surface area contributed by atoms with Crippen molar-refractivity contribution in [1.82, 2.24) is 5.32 Å². The van der Waals surface area contributed by atoms with E-state index in [1.807, 2.05) is 24.3 Å². The van der Waals surface area contributed by atoms with Gasteiger partial charge in [0, 0.05) is 17.9 Å². The van der Waals surface area contributed by atoms with Gasteiger partial charge >= 0.3 is 12.0 Å². The lowest BCUT2D eigenvalue weighted by Gasteiger charge is -2.22. The van der Waals surface area contributed by atoms with Gasteiger partial charge in [0.1, 0.15) is 6.04 Å². The maximum atomic E-state index is 12.7. The normalized spacial score (nSPS) is 13.4. The van der Waals surface area contributed by atoms with Crippen LogP contribution in [0.3, 0.4) is 0 Å². The summed E-state index contributed by atoms with van der Waals surface area (Å²) < 4.78 is 4.92. The molecule has 0 saturated carbocycles. The Morgan fingerprint density at radius 3 is 2.55 bits per heavy atom. The zero-order chi connectivity index (χ0) is 20.8. The molecule has 7 heteroatoms. The number of urea groups is 1. The molecule has 0 aliphatic carbocycles. The molecule has 1 aliphatic rings. The summed E-state index contributed by atoms with van der Waals surface area (Å²) >= 11 is 0. The number of carbonyl (C=O) groups is 3. The molecule has 0 radical (unpaired) electrons. The van der Waals surface area contributed by atoms with Gasteiger partial charge in [-0.2, -0.15) is 0 Å². The molecule has 3 rings (SSSR count). The number of anilines is 2. The molecule has 29 heavy (non-hydrogen) atoms. The third-order valence-electron chi connectivity index (χ3n) is 4.74. The van der Waals surface area contributed by atoms with Gasteiger partial charge in [-0.1, -0.05) is 30.3 Å². The number of hydrogen-bond acceptors (Lipinski definition) is 4. The Kier molecular flexibility index (Phi) is 6.49. The number of fused-ring (bicyclic) bond motifs is 1. The fraction of sp³-hybridized carbons (Fsp3) is 0.318. The highest BCUT2D eigenvalue weighted by Gasteiger charge is 2.28. The van der Waals surface area contributed by atoms with Gasteiger partial charge in [0.05, 0.1) is 13.0 Å². The van der Waals surface area contributed by atoms with Crippen LogP contribution in [0.25, 0.3) is 0 Å². The average Bonchev–Trinajstić information content (AvgIpc) is 3.13. The summed E-state index contributed by atoms with van der Waals surface area (Å²) in [6.45, 7) is 4.40. The molecule has 1 heterocycles. The van der Waals surface area contributed by atoms with Gasteiger partial charge in [0.25, 0.3) is 0 Å². The molecule has 1 atom stereocenters. The van der Waals surface area contributed by atoms with Gasteiger partial charge in [-0.15, -0.1) is 0 Å². The van der Waals surface area contributed by atoms with Crippen molar-refractivity contribution in [1.29, 1.82) is 0 Å². The van der Waals surface area contributed by atoms with Crippen LogP contribution in [-0.2, 0) is 27.2 Å². The standard InChI is InChI=1S/C22H25N3O4/c1-3-29-20(26)14-16-8-10-18(11-9-16)24-22(28)23-15(2)21(27)25-13-12-17-6-4-5-7-19(17)25/h4-11,15H,3,12-14H2,1-2H3,(H2,23,24,28). The number of benzene rings is 2. The molecular weight excluding hydrogens is 370 g/mol. The summed E-state index contributed by atoms with van der Waals surface area (Å²) in [7, 11) is 0. The van der Waals surface area contributed by atoms with E-state index in [0.717, 1.165) is 23.2 Å². The number of carbonyl (C=O) groups excluding carboxylic acids is 3. The first kappa shape index (κ1) is 20.4. The Labute approximate surface area is 170 Å². The molecule has 0 saturated heterocycles. The van der Waals surface area contributed by atoms with Crippen LogP contribution in [-0.4, -0.2) is 37.1 Å². The Bertz CT molecular complexity index is 895. The number of para-hydroxylation sites is 1. The molecule has 0 spiro atoms. The highest BCUT2D eigenvalue weighted by molar-refractivity contribution is 6.01. The molecule has 0 bridgehead atoms. The minimum absolute atomic E-state index is 0.144. The number of hydrogen-bond donors (Lipinski definition) is 2. The molecule has 0 fully saturated rings. The predicted molar refractivity (Wildman–Crippen MR) is 111 cm³/mol. The second-order valence-electron chi connectivity index (χ2n) is 6.87. The largest absolute Gasteiger partial charge is 0.466 e. The summed E-state index contributed by atoms with van der Waals surface area (Å²) in [6.07, 6.45) is 1.00. The first-order chi connectivity index (χ1) is 14.0. The minimum Gasteiger partial charge on any atom is -0.466 e. The van der Waals surface area contributed by atoms with Crippen LogP contribution in [0.2, 0.25) is 0 Å². The van der Waals surface area contributed by atoms with E-state index in [0.29, 0.717) is 18.8 Å². The van der Waals surface area contributed by atoms with Crippen molar-refractivity contribution in [2.45, 2.75) is 32.7 Å². The summed E-state index contributed by atoms with van der Waals surface area (Å²) in [4.78, 5) is 38.2. The summed E-state index contributed by atoms with van der Waals surface area (Å²) in [5, 5.41) is 5.39. The zero-order valence-electron chi connectivity index (χ0n) is 16.6. The van der Waals surface area contributed by atoms with Crippen molar-refractivity contribution >= 4 is 29.3 Å². The third-order valence-corrected chi connectivity index (χ3v) is 4.74. The molecule has 1 unspecified atom stereocenters. The second kappa shape index (κ2) is 9.23. The van der Waals surface area contributed by atoms with Gasteiger partial charge < -0.3 is 20.3 Å². The van der Waals surface area contributed by atoms with E-state index in [9.17, 15) is 14.4 Å². The Morgan fingerprint density at radius 2 is 1.83 bits per heavy atom. The van der Waals surface area contributed by atoms with Crippen LogP contribution in [0.4, 0.5) is 16.2 Å². The van der Waals surface area contributed by atoms with Gasteiger partial charge in [0.2, 0.25) is 5.91 Å². The van der Waals surface area contributed by atoms with Crippen molar-refractivity contribution in [2.75, 3.05) is 23.4 Å². The van der Waals surface area contributed by atoms with Gasteiger partial charge in [-0.3, -0.25) is 9.59 Å². The van der Waals surface area contributed by atoms with E-state index in [2.05, 4.69) is 10.6 Å². The molecule has 0 aromatic heterocycles. The highest BCUT2D eigenvalue weighted by Crippen LogP contribution is 2.27. The van der Waals surface area contributed by atoms with Crippen molar-refractivity contribution in [2.24, 2.45) is 0 Å². The van der Waals surface area contributed by atoms with Crippen LogP contribution in [0.15, 0.2) is 48.5 Å². The fourth-order valence-electron chi connectivity index (χ4n) is 3.31. The summed E-state index contributed by atoms with van der Waals surface area (Å²) in [6, 6.07) is 13.6. The lowest BCUT2D eigenvalue weighted by Crippen LogP contribution is -2.47. The van der Waals surface area contributed by atoms with Crippen LogP contribution >= 0.6 is 0 Å². The molecule has 2 aromatic carbocycles.